The fourth-order valence-corrected chi connectivity index (χ4v) is 7.18. The van der Waals surface area contributed by atoms with E-state index >= 15 is 0 Å². The average Bonchev–Trinajstić information content (AvgIpc) is 3.29. The zero-order valence-electron chi connectivity index (χ0n) is 36.2. The van der Waals surface area contributed by atoms with Crippen LogP contribution in [0.3, 0.4) is 0 Å². The van der Waals surface area contributed by atoms with E-state index in [0.717, 1.165) is 69.6 Å². The molecule has 60 heavy (non-hydrogen) atoms. The van der Waals surface area contributed by atoms with E-state index in [1.807, 2.05) is 67.6 Å². The van der Waals surface area contributed by atoms with Crippen LogP contribution in [0.15, 0.2) is 230 Å². The second kappa shape index (κ2) is 22.4. The predicted molar refractivity (Wildman–Crippen MR) is 267 cm³/mol. The second-order valence-electron chi connectivity index (χ2n) is 15.0. The van der Waals surface area contributed by atoms with Crippen molar-refractivity contribution in [2.24, 2.45) is 4.99 Å². The van der Waals surface area contributed by atoms with Crippen molar-refractivity contribution in [3.05, 3.63) is 253 Å². The number of hydrogen-bond donors (Lipinski definition) is 0. The molecular formula is C59H59N. The Hall–Kier alpha value is -6.83. The largest absolute Gasteiger partial charge is 0.253 e. The van der Waals surface area contributed by atoms with Crippen molar-refractivity contribution in [1.29, 1.82) is 0 Å². The van der Waals surface area contributed by atoms with Crippen molar-refractivity contribution in [2.75, 3.05) is 0 Å². The molecule has 0 spiro atoms. The molecule has 1 nitrogen and oxygen atoms in total. The van der Waals surface area contributed by atoms with Gasteiger partial charge in [-0.15, -0.1) is 0 Å². The molecule has 0 bridgehead atoms. The van der Waals surface area contributed by atoms with Gasteiger partial charge in [0, 0.05) is 5.71 Å². The first-order valence-corrected chi connectivity index (χ1v) is 20.9. The van der Waals surface area contributed by atoms with Crippen molar-refractivity contribution < 1.29 is 0 Å². The maximum Gasteiger partial charge on any atom is 0.0633 e. The Labute approximate surface area is 360 Å². The lowest BCUT2D eigenvalue weighted by Crippen LogP contribution is -1.97. The van der Waals surface area contributed by atoms with Gasteiger partial charge in [-0.3, -0.25) is 4.99 Å². The third kappa shape index (κ3) is 12.1. The fourth-order valence-electron chi connectivity index (χ4n) is 7.18. The molecule has 5 aromatic carbocycles. The smallest absolute Gasteiger partial charge is 0.0633 e. The summed E-state index contributed by atoms with van der Waals surface area (Å²) < 4.78 is 0. The van der Waals surface area contributed by atoms with E-state index in [-0.39, 0.29) is 0 Å². The first-order valence-electron chi connectivity index (χ1n) is 20.9. The molecule has 0 radical (unpaired) electrons. The maximum atomic E-state index is 4.89. The fraction of sp³-hybridized carbons (Fsp3) is 0.136. The molecule has 5 aromatic rings. The van der Waals surface area contributed by atoms with Crippen LogP contribution < -0.4 is 0 Å². The molecule has 1 aliphatic carbocycles. The number of benzene rings is 5. The van der Waals surface area contributed by atoms with Crippen LogP contribution >= 0.6 is 0 Å². The van der Waals surface area contributed by atoms with Crippen LogP contribution in [0.1, 0.15) is 81.7 Å². The van der Waals surface area contributed by atoms with Crippen molar-refractivity contribution in [3.8, 4) is 22.3 Å². The highest BCUT2D eigenvalue weighted by Gasteiger charge is 2.14. The van der Waals surface area contributed by atoms with Gasteiger partial charge in [-0.25, -0.2) is 0 Å². The molecule has 0 atom stereocenters. The SMILES string of the molecule is C=C(C)c1ccccc1.C=C/C=C(\C=C/C)C1=CC(c2cc(-c3ccc(/C(C=C)=C(C)\C=C/CC)cc3)cc(-c3cccc(C(C)=NC(=C)c4ccccc4)c3)c2)=CCC1. The summed E-state index contributed by atoms with van der Waals surface area (Å²) in [5.74, 6) is 0. The van der Waals surface area contributed by atoms with Crippen LogP contribution in [0.25, 0.3) is 44.7 Å². The molecule has 1 heteroatoms. The van der Waals surface area contributed by atoms with Crippen molar-refractivity contribution in [1.82, 2.24) is 0 Å². The lowest BCUT2D eigenvalue weighted by atomic mass is 9.87. The first-order chi connectivity index (χ1) is 29.1. The Kier molecular flexibility index (Phi) is 16.5. The molecule has 1 aliphatic rings. The molecule has 0 aliphatic heterocycles. The van der Waals surface area contributed by atoms with E-state index in [2.05, 4.69) is 175 Å². The van der Waals surface area contributed by atoms with E-state index in [1.54, 1.807) is 0 Å². The highest BCUT2D eigenvalue weighted by molar-refractivity contribution is 6.02. The molecule has 0 aromatic heterocycles. The Morgan fingerprint density at radius 1 is 0.650 bits per heavy atom. The summed E-state index contributed by atoms with van der Waals surface area (Å²) in [5.41, 5.74) is 19.3. The minimum absolute atomic E-state index is 0.756. The third-order valence-electron chi connectivity index (χ3n) is 10.4. The Balaban J connectivity index is 0.000000671. The summed E-state index contributed by atoms with van der Waals surface area (Å²) in [6, 6.07) is 44.8. The van der Waals surface area contributed by atoms with Gasteiger partial charge in [0.15, 0.2) is 0 Å². The monoisotopic (exact) mass is 781 g/mol. The summed E-state index contributed by atoms with van der Waals surface area (Å²) in [5, 5.41) is 0. The van der Waals surface area contributed by atoms with E-state index in [4.69, 9.17) is 4.99 Å². The molecule has 300 valence electrons. The molecular weight excluding hydrogens is 723 g/mol. The number of hydrogen-bond acceptors (Lipinski definition) is 1. The highest BCUT2D eigenvalue weighted by Crippen LogP contribution is 2.36. The third-order valence-corrected chi connectivity index (χ3v) is 10.4. The maximum absolute atomic E-state index is 4.89. The van der Waals surface area contributed by atoms with Crippen LogP contribution in [-0.4, -0.2) is 5.71 Å². The molecule has 0 heterocycles. The van der Waals surface area contributed by atoms with E-state index in [1.165, 1.54) is 44.5 Å². The van der Waals surface area contributed by atoms with Gasteiger partial charge in [0.1, 0.15) is 0 Å². The van der Waals surface area contributed by atoms with Crippen LogP contribution in [0.2, 0.25) is 0 Å². The number of rotatable bonds is 14. The van der Waals surface area contributed by atoms with Crippen LogP contribution in [0.5, 0.6) is 0 Å². The predicted octanol–water partition coefficient (Wildman–Crippen LogP) is 16.9. The van der Waals surface area contributed by atoms with Crippen LogP contribution in [0, 0.1) is 0 Å². The van der Waals surface area contributed by atoms with Gasteiger partial charge in [-0.2, -0.15) is 0 Å². The minimum Gasteiger partial charge on any atom is -0.253 e. The van der Waals surface area contributed by atoms with Gasteiger partial charge in [0.05, 0.1) is 5.70 Å². The topological polar surface area (TPSA) is 12.4 Å². The summed E-state index contributed by atoms with van der Waals surface area (Å²) in [4.78, 5) is 4.89. The van der Waals surface area contributed by atoms with Gasteiger partial charge in [0.25, 0.3) is 0 Å². The van der Waals surface area contributed by atoms with Crippen LogP contribution in [0.4, 0.5) is 0 Å². The highest BCUT2D eigenvalue weighted by atomic mass is 14.7. The van der Waals surface area contributed by atoms with E-state index < -0.39 is 0 Å². The van der Waals surface area contributed by atoms with Crippen LogP contribution in [-0.2, 0) is 0 Å². The standard InChI is InChI=1S/C50H49N.C9H10/c1-8-12-20-36(5)50(11-4)42-29-27-41(28-30-42)47-33-48(35-49(34-47)46-26-17-24-44(32-46)40(18-9-2)19-10-3)45-25-16-23-43(31-45)38(7)51-37(6)39-21-14-13-15-22-39;1-8(2)9-6-4-3-5-7-9/h9-16,18-23,25-35H,2,4,6,8,17,24H2,1,3,5,7H3;3-7H,1H2,2H3/b19-10-,20-12-,40-18+,50-36-,51-38?;. The van der Waals surface area contributed by atoms with Gasteiger partial charge >= 0.3 is 0 Å². The Bertz CT molecular complexity index is 2520. The normalized spacial score (nSPS) is 13.5. The van der Waals surface area contributed by atoms with Gasteiger partial charge in [-0.1, -0.05) is 197 Å². The van der Waals surface area contributed by atoms with E-state index in [9.17, 15) is 0 Å². The van der Waals surface area contributed by atoms with Gasteiger partial charge in [-0.05, 0) is 149 Å². The molecule has 0 saturated carbocycles. The quantitative estimate of drug-likeness (QED) is 0.0786. The number of aliphatic imine (C=N–C) groups is 1. The second-order valence-corrected chi connectivity index (χ2v) is 15.0. The van der Waals surface area contributed by atoms with Crippen molar-refractivity contribution in [3.63, 3.8) is 0 Å². The lowest BCUT2D eigenvalue weighted by molar-refractivity contribution is 0.982. The van der Waals surface area contributed by atoms with Gasteiger partial charge in [0.2, 0.25) is 0 Å². The summed E-state index contributed by atoms with van der Waals surface area (Å²) in [6.07, 6.45) is 22.3. The summed E-state index contributed by atoms with van der Waals surface area (Å²) >= 11 is 0. The molecule has 0 N–H and O–H groups in total. The minimum atomic E-state index is 0.756. The number of nitrogens with zero attached hydrogens (tertiary/aromatic N) is 1. The number of allylic oxidation sites excluding steroid dienone is 15. The molecule has 0 amide bonds. The molecule has 0 unspecified atom stereocenters. The summed E-state index contributed by atoms with van der Waals surface area (Å²) in [6.45, 7) is 26.6. The lowest BCUT2D eigenvalue weighted by Gasteiger charge is -2.18. The van der Waals surface area contributed by atoms with Gasteiger partial charge < -0.3 is 0 Å². The Morgan fingerprint density at radius 3 is 1.88 bits per heavy atom. The molecule has 0 saturated heterocycles. The van der Waals surface area contributed by atoms with Crippen molar-refractivity contribution >= 4 is 28.1 Å². The van der Waals surface area contributed by atoms with E-state index in [0.29, 0.717) is 0 Å². The van der Waals surface area contributed by atoms with Crippen molar-refractivity contribution in [2.45, 2.75) is 53.9 Å². The first kappa shape index (κ1) is 44.3. The Morgan fingerprint density at radius 2 is 1.28 bits per heavy atom. The zero-order valence-corrected chi connectivity index (χ0v) is 36.2. The molecule has 0 fully saturated rings. The zero-order chi connectivity index (χ0) is 42.9. The summed E-state index contributed by atoms with van der Waals surface area (Å²) in [7, 11) is 0. The molecule has 6 rings (SSSR count). The average molecular weight is 782 g/mol.